The number of fused-ring (bicyclic) bond motifs is 4. The van der Waals surface area contributed by atoms with Crippen molar-refractivity contribution >= 4 is 11.6 Å². The highest BCUT2D eigenvalue weighted by Crippen LogP contribution is 2.38. The van der Waals surface area contributed by atoms with Crippen LogP contribution in [0.2, 0.25) is 0 Å². The smallest absolute Gasteiger partial charge is 0.265 e. The number of hydrazone groups is 1. The Morgan fingerprint density at radius 1 is 1.57 bits per heavy atom. The number of nitrogens with two attached hydrogens (primary N) is 1. The quantitative estimate of drug-likeness (QED) is 0.584. The van der Waals surface area contributed by atoms with E-state index in [1.165, 1.54) is 0 Å². The van der Waals surface area contributed by atoms with Gasteiger partial charge in [-0.3, -0.25) is 4.79 Å². The fraction of sp³-hybridized carbons (Fsp3) is 0.778. The average molecular weight is 195 g/mol. The number of amides is 1. The maximum Gasteiger partial charge on any atom is 0.265 e. The largest absolute Gasteiger partial charge is 0.373 e. The van der Waals surface area contributed by atoms with Crippen LogP contribution in [0, 0.1) is 5.92 Å². The van der Waals surface area contributed by atoms with Gasteiger partial charge in [0.15, 0.2) is 0 Å². The molecule has 0 radical (unpaired) electrons. The number of hydrogen-bond donors (Lipinski definition) is 2. The molecule has 0 saturated carbocycles. The zero-order chi connectivity index (χ0) is 9.71. The van der Waals surface area contributed by atoms with Crippen LogP contribution in [0.4, 0.5) is 0 Å². The predicted molar refractivity (Wildman–Crippen MR) is 49.6 cm³/mol. The molecule has 5 heteroatoms. The maximum atomic E-state index is 11.1. The van der Waals surface area contributed by atoms with Crippen LogP contribution in [0.5, 0.6) is 0 Å². The number of carbonyl (C=O) groups is 1. The molecule has 3 aliphatic heterocycles. The third-order valence-electron chi connectivity index (χ3n) is 3.43. The first-order valence-corrected chi connectivity index (χ1v) is 5.04. The Bertz CT molecular complexity index is 315. The fourth-order valence-electron chi connectivity index (χ4n) is 2.78. The van der Waals surface area contributed by atoms with Crippen molar-refractivity contribution in [3.8, 4) is 0 Å². The minimum absolute atomic E-state index is 0.177. The van der Waals surface area contributed by atoms with E-state index in [4.69, 9.17) is 10.5 Å². The lowest BCUT2D eigenvalue weighted by Crippen LogP contribution is -2.47. The molecule has 14 heavy (non-hydrogen) atoms. The van der Waals surface area contributed by atoms with Gasteiger partial charge in [-0.2, -0.15) is 5.10 Å². The summed E-state index contributed by atoms with van der Waals surface area (Å²) >= 11 is 0. The van der Waals surface area contributed by atoms with Gasteiger partial charge in [-0.15, -0.1) is 0 Å². The molecule has 0 aromatic heterocycles. The lowest BCUT2D eigenvalue weighted by Gasteiger charge is -2.31. The molecule has 0 aromatic carbocycles. The zero-order valence-electron chi connectivity index (χ0n) is 7.77. The lowest BCUT2D eigenvalue weighted by molar-refractivity contribution is -0.112. The second-order valence-corrected chi connectivity index (χ2v) is 4.23. The molecular formula is C9H13N3O2. The number of primary amides is 1. The van der Waals surface area contributed by atoms with Gasteiger partial charge in [-0.05, 0) is 19.3 Å². The fourth-order valence-corrected chi connectivity index (χ4v) is 2.78. The van der Waals surface area contributed by atoms with Crippen molar-refractivity contribution in [2.75, 3.05) is 0 Å². The second-order valence-electron chi connectivity index (χ2n) is 4.23. The highest BCUT2D eigenvalue weighted by atomic mass is 16.5. The van der Waals surface area contributed by atoms with Gasteiger partial charge in [0, 0.05) is 5.92 Å². The molecule has 0 aliphatic carbocycles. The Labute approximate surface area is 81.7 Å². The molecule has 2 fully saturated rings. The third-order valence-corrected chi connectivity index (χ3v) is 3.43. The van der Waals surface area contributed by atoms with Gasteiger partial charge in [0.1, 0.15) is 5.71 Å². The van der Waals surface area contributed by atoms with Crippen LogP contribution >= 0.6 is 0 Å². The van der Waals surface area contributed by atoms with Crippen molar-refractivity contribution in [2.24, 2.45) is 16.8 Å². The number of carbonyl (C=O) groups excluding carboxylic acids is 1. The zero-order valence-corrected chi connectivity index (χ0v) is 7.77. The number of rotatable bonds is 1. The van der Waals surface area contributed by atoms with E-state index in [-0.39, 0.29) is 18.1 Å². The highest BCUT2D eigenvalue weighted by Gasteiger charge is 2.48. The molecule has 4 unspecified atom stereocenters. The molecule has 0 spiro atoms. The van der Waals surface area contributed by atoms with E-state index in [1.807, 2.05) is 0 Å². The molecule has 1 amide bonds. The first-order valence-electron chi connectivity index (χ1n) is 5.04. The van der Waals surface area contributed by atoms with Crippen molar-refractivity contribution in [2.45, 2.75) is 37.5 Å². The molecule has 3 rings (SSSR count). The number of nitrogens with zero attached hydrogens (tertiary/aromatic N) is 1. The molecule has 0 aromatic rings. The Kier molecular flexibility index (Phi) is 1.58. The van der Waals surface area contributed by atoms with Gasteiger partial charge < -0.3 is 15.9 Å². The molecule has 2 saturated heterocycles. The Morgan fingerprint density at radius 3 is 3.21 bits per heavy atom. The summed E-state index contributed by atoms with van der Waals surface area (Å²) in [6, 6.07) is 0.177. The van der Waals surface area contributed by atoms with Crippen LogP contribution in [0.1, 0.15) is 19.3 Å². The summed E-state index contributed by atoms with van der Waals surface area (Å²) in [5, 5.41) is 4.01. The SMILES string of the molecule is NC(=O)C1=NNC2C3CCC(CC12)O3. The van der Waals surface area contributed by atoms with Crippen molar-refractivity contribution in [1.29, 1.82) is 0 Å². The minimum atomic E-state index is -0.397. The monoisotopic (exact) mass is 195 g/mol. The predicted octanol–water partition coefficient (Wildman–Crippen LogP) is -0.633. The summed E-state index contributed by atoms with van der Waals surface area (Å²) in [7, 11) is 0. The van der Waals surface area contributed by atoms with Crippen LogP contribution in [-0.4, -0.2) is 29.9 Å². The van der Waals surface area contributed by atoms with Gasteiger partial charge in [0.2, 0.25) is 0 Å². The van der Waals surface area contributed by atoms with E-state index in [1.54, 1.807) is 0 Å². The summed E-state index contributed by atoms with van der Waals surface area (Å²) in [6.45, 7) is 0. The Hall–Kier alpha value is -1.10. The molecule has 3 N–H and O–H groups in total. The normalized spacial score (nSPS) is 44.1. The average Bonchev–Trinajstić information content (AvgIpc) is 2.71. The molecule has 3 heterocycles. The van der Waals surface area contributed by atoms with Crippen molar-refractivity contribution in [3.63, 3.8) is 0 Å². The standard InChI is InChI=1S/C9H13N3O2/c10-9(13)8-5-3-4-1-2-6(14-4)7(5)11-12-8/h4-7,11H,1-3H2,(H2,10,13). The van der Waals surface area contributed by atoms with Gasteiger partial charge in [-0.1, -0.05) is 0 Å². The summed E-state index contributed by atoms with van der Waals surface area (Å²) in [6.07, 6.45) is 3.59. The topological polar surface area (TPSA) is 76.7 Å². The van der Waals surface area contributed by atoms with E-state index in [0.717, 1.165) is 19.3 Å². The van der Waals surface area contributed by atoms with E-state index in [0.29, 0.717) is 11.8 Å². The van der Waals surface area contributed by atoms with Crippen LogP contribution in [-0.2, 0) is 9.53 Å². The van der Waals surface area contributed by atoms with Crippen molar-refractivity contribution in [3.05, 3.63) is 0 Å². The summed E-state index contributed by atoms with van der Waals surface area (Å²) < 4.78 is 5.75. The van der Waals surface area contributed by atoms with Crippen LogP contribution < -0.4 is 11.2 Å². The Balaban J connectivity index is 1.87. The van der Waals surface area contributed by atoms with Gasteiger partial charge in [-0.25, -0.2) is 0 Å². The summed E-state index contributed by atoms with van der Waals surface area (Å²) in [5.74, 6) is -0.218. The van der Waals surface area contributed by atoms with E-state index in [9.17, 15) is 4.79 Å². The van der Waals surface area contributed by atoms with E-state index in [2.05, 4.69) is 10.5 Å². The van der Waals surface area contributed by atoms with Gasteiger partial charge >= 0.3 is 0 Å². The van der Waals surface area contributed by atoms with Crippen molar-refractivity contribution in [1.82, 2.24) is 5.43 Å². The minimum Gasteiger partial charge on any atom is -0.373 e. The molecule has 5 nitrogen and oxygen atoms in total. The summed E-state index contributed by atoms with van der Waals surface area (Å²) in [5.41, 5.74) is 8.75. The lowest BCUT2D eigenvalue weighted by atomic mass is 9.87. The molecule has 76 valence electrons. The summed E-state index contributed by atoms with van der Waals surface area (Å²) in [4.78, 5) is 11.1. The van der Waals surface area contributed by atoms with E-state index < -0.39 is 5.91 Å². The second kappa shape index (κ2) is 2.70. The Morgan fingerprint density at radius 2 is 2.43 bits per heavy atom. The van der Waals surface area contributed by atoms with Crippen molar-refractivity contribution < 1.29 is 9.53 Å². The maximum absolute atomic E-state index is 11.1. The number of hydrogen-bond acceptors (Lipinski definition) is 4. The third kappa shape index (κ3) is 0.987. The molecule has 3 aliphatic rings. The molecular weight excluding hydrogens is 182 g/mol. The van der Waals surface area contributed by atoms with Gasteiger partial charge in [0.25, 0.3) is 5.91 Å². The first-order chi connectivity index (χ1) is 6.75. The molecule has 4 atom stereocenters. The molecule has 2 bridgehead atoms. The van der Waals surface area contributed by atoms with Gasteiger partial charge in [0.05, 0.1) is 18.2 Å². The first kappa shape index (κ1) is 8.23. The van der Waals surface area contributed by atoms with Crippen LogP contribution in [0.15, 0.2) is 5.10 Å². The van der Waals surface area contributed by atoms with E-state index >= 15 is 0 Å². The highest BCUT2D eigenvalue weighted by molar-refractivity contribution is 6.39. The van der Waals surface area contributed by atoms with Crippen LogP contribution in [0.3, 0.4) is 0 Å². The number of nitrogens with one attached hydrogen (secondary N) is 1. The number of ether oxygens (including phenoxy) is 1. The van der Waals surface area contributed by atoms with Crippen LogP contribution in [0.25, 0.3) is 0 Å².